The first kappa shape index (κ1) is 27.9. The lowest BCUT2D eigenvalue weighted by Crippen LogP contribution is -2.36. The van der Waals surface area contributed by atoms with E-state index >= 15 is 0 Å². The highest BCUT2D eigenvalue weighted by Crippen LogP contribution is 2.35. The SMILES string of the molecule is CC(C(=O)NCC(F)(F)F)c1cc(F)c(NC(=O)CNC(=O)c2ccnn2C(C)C)cc1N1CCCC1. The molecule has 1 aromatic heterocycles. The number of anilines is 2. The number of nitrogens with zero attached hydrogens (tertiary/aromatic N) is 3. The van der Waals surface area contributed by atoms with Crippen LogP contribution in [0.4, 0.5) is 28.9 Å². The van der Waals surface area contributed by atoms with Crippen molar-refractivity contribution in [2.45, 2.75) is 51.7 Å². The molecule has 0 aliphatic carbocycles. The van der Waals surface area contributed by atoms with Crippen LogP contribution in [0.25, 0.3) is 0 Å². The molecule has 3 N–H and O–H groups in total. The zero-order valence-corrected chi connectivity index (χ0v) is 20.8. The molecular weight excluding hydrogens is 496 g/mol. The molecule has 1 aliphatic rings. The third-order valence-electron chi connectivity index (χ3n) is 5.96. The molecule has 1 fully saturated rings. The maximum Gasteiger partial charge on any atom is 0.405 e. The molecule has 9 nitrogen and oxygen atoms in total. The number of halogens is 4. The molecule has 2 aromatic rings. The molecule has 0 bridgehead atoms. The van der Waals surface area contributed by atoms with Crippen LogP contribution in [0, 0.1) is 5.82 Å². The number of carbonyl (C=O) groups is 3. The average molecular weight is 527 g/mol. The fraction of sp³-hybridized carbons (Fsp3) is 0.500. The Balaban J connectivity index is 1.75. The van der Waals surface area contributed by atoms with Gasteiger partial charge in [0.15, 0.2) is 0 Å². The average Bonchev–Trinajstić information content (AvgIpc) is 3.53. The van der Waals surface area contributed by atoms with Crippen molar-refractivity contribution in [3.63, 3.8) is 0 Å². The number of amides is 3. The molecule has 0 saturated carbocycles. The lowest BCUT2D eigenvalue weighted by Gasteiger charge is -2.25. The molecule has 0 radical (unpaired) electrons. The van der Waals surface area contributed by atoms with Crippen molar-refractivity contribution < 1.29 is 31.9 Å². The van der Waals surface area contributed by atoms with Crippen LogP contribution in [0.1, 0.15) is 61.6 Å². The van der Waals surface area contributed by atoms with Gasteiger partial charge in [0.05, 0.1) is 18.2 Å². The Morgan fingerprint density at radius 2 is 1.76 bits per heavy atom. The van der Waals surface area contributed by atoms with E-state index in [9.17, 15) is 31.9 Å². The number of hydrogen-bond donors (Lipinski definition) is 3. The van der Waals surface area contributed by atoms with Gasteiger partial charge in [0.1, 0.15) is 18.1 Å². The smallest absolute Gasteiger partial charge is 0.371 e. The summed E-state index contributed by atoms with van der Waals surface area (Å²) in [7, 11) is 0. The Labute approximate surface area is 211 Å². The van der Waals surface area contributed by atoms with E-state index in [-0.39, 0.29) is 23.0 Å². The van der Waals surface area contributed by atoms with Crippen molar-refractivity contribution >= 4 is 29.1 Å². The first-order valence-electron chi connectivity index (χ1n) is 11.9. The third kappa shape index (κ3) is 7.20. The summed E-state index contributed by atoms with van der Waals surface area (Å²) in [5.74, 6) is -4.02. The molecule has 1 unspecified atom stereocenters. The highest BCUT2D eigenvalue weighted by molar-refractivity contribution is 5.99. The number of carbonyl (C=O) groups excluding carboxylic acids is 3. The highest BCUT2D eigenvalue weighted by atomic mass is 19.4. The van der Waals surface area contributed by atoms with Gasteiger partial charge in [-0.3, -0.25) is 19.1 Å². The van der Waals surface area contributed by atoms with E-state index in [0.717, 1.165) is 18.9 Å². The first-order chi connectivity index (χ1) is 17.4. The molecule has 37 heavy (non-hydrogen) atoms. The summed E-state index contributed by atoms with van der Waals surface area (Å²) in [6.45, 7) is 4.40. The molecule has 1 atom stereocenters. The number of aromatic nitrogens is 2. The second kappa shape index (κ2) is 11.6. The lowest BCUT2D eigenvalue weighted by molar-refractivity contribution is -0.139. The molecule has 1 saturated heterocycles. The van der Waals surface area contributed by atoms with Gasteiger partial charge in [0.25, 0.3) is 5.91 Å². The molecule has 1 aliphatic heterocycles. The van der Waals surface area contributed by atoms with E-state index in [2.05, 4.69) is 15.7 Å². The number of benzene rings is 1. The van der Waals surface area contributed by atoms with E-state index in [1.54, 1.807) is 0 Å². The third-order valence-corrected chi connectivity index (χ3v) is 5.96. The van der Waals surface area contributed by atoms with Crippen molar-refractivity contribution in [3.8, 4) is 0 Å². The van der Waals surface area contributed by atoms with Crippen LogP contribution in [-0.4, -0.2) is 59.9 Å². The van der Waals surface area contributed by atoms with Crippen LogP contribution in [0.3, 0.4) is 0 Å². The number of rotatable bonds is 9. The zero-order chi connectivity index (χ0) is 27.3. The Bertz CT molecular complexity index is 1140. The maximum absolute atomic E-state index is 15.0. The molecular formula is C24H30F4N6O3. The van der Waals surface area contributed by atoms with Gasteiger partial charge < -0.3 is 20.9 Å². The van der Waals surface area contributed by atoms with Gasteiger partial charge in [-0.15, -0.1) is 0 Å². The van der Waals surface area contributed by atoms with Crippen LogP contribution in [0.5, 0.6) is 0 Å². The van der Waals surface area contributed by atoms with E-state index in [0.29, 0.717) is 18.8 Å². The minimum absolute atomic E-state index is 0.0702. The number of nitrogens with one attached hydrogen (secondary N) is 3. The van der Waals surface area contributed by atoms with E-state index in [4.69, 9.17) is 0 Å². The topological polar surface area (TPSA) is 108 Å². The Morgan fingerprint density at radius 3 is 2.38 bits per heavy atom. The molecule has 202 valence electrons. The summed E-state index contributed by atoms with van der Waals surface area (Å²) in [6.07, 6.45) is -1.40. The largest absolute Gasteiger partial charge is 0.405 e. The normalized spacial score (nSPS) is 14.5. The summed E-state index contributed by atoms with van der Waals surface area (Å²) in [5.41, 5.74) is 0.772. The zero-order valence-electron chi connectivity index (χ0n) is 20.8. The van der Waals surface area contributed by atoms with Gasteiger partial charge in [0, 0.05) is 31.0 Å². The second-order valence-corrected chi connectivity index (χ2v) is 9.13. The maximum atomic E-state index is 15.0. The van der Waals surface area contributed by atoms with Crippen LogP contribution < -0.4 is 20.9 Å². The summed E-state index contributed by atoms with van der Waals surface area (Å²) >= 11 is 0. The fourth-order valence-corrected chi connectivity index (χ4v) is 4.08. The molecule has 2 heterocycles. The Hall–Kier alpha value is -3.64. The van der Waals surface area contributed by atoms with Crippen molar-refractivity contribution in [2.75, 3.05) is 36.4 Å². The fourth-order valence-electron chi connectivity index (χ4n) is 4.08. The summed E-state index contributed by atoms with van der Waals surface area (Å²) in [6, 6.07) is 3.87. The van der Waals surface area contributed by atoms with Crippen LogP contribution in [0.2, 0.25) is 0 Å². The van der Waals surface area contributed by atoms with E-state index < -0.39 is 48.7 Å². The van der Waals surface area contributed by atoms with Gasteiger partial charge in [0.2, 0.25) is 11.8 Å². The number of hydrogen-bond acceptors (Lipinski definition) is 5. The predicted octanol–water partition coefficient (Wildman–Crippen LogP) is 3.35. The summed E-state index contributed by atoms with van der Waals surface area (Å²) in [4.78, 5) is 39.2. The van der Waals surface area contributed by atoms with Gasteiger partial charge in [-0.2, -0.15) is 18.3 Å². The predicted molar refractivity (Wildman–Crippen MR) is 129 cm³/mol. The van der Waals surface area contributed by atoms with Gasteiger partial charge in [-0.1, -0.05) is 0 Å². The second-order valence-electron chi connectivity index (χ2n) is 9.13. The van der Waals surface area contributed by atoms with Crippen LogP contribution >= 0.6 is 0 Å². The summed E-state index contributed by atoms with van der Waals surface area (Å²) < 4.78 is 54.1. The Kier molecular flexibility index (Phi) is 8.77. The lowest BCUT2D eigenvalue weighted by atomic mass is 9.96. The van der Waals surface area contributed by atoms with E-state index in [1.165, 1.54) is 29.9 Å². The quantitative estimate of drug-likeness (QED) is 0.435. The van der Waals surface area contributed by atoms with Gasteiger partial charge in [-0.05, 0) is 57.4 Å². The molecule has 0 spiro atoms. The molecule has 13 heteroatoms. The van der Waals surface area contributed by atoms with Crippen molar-refractivity contribution in [1.82, 2.24) is 20.4 Å². The molecule has 1 aromatic carbocycles. The Morgan fingerprint density at radius 1 is 1.08 bits per heavy atom. The van der Waals surface area contributed by atoms with E-state index in [1.807, 2.05) is 24.1 Å². The van der Waals surface area contributed by atoms with Crippen LogP contribution in [0.15, 0.2) is 24.4 Å². The van der Waals surface area contributed by atoms with Gasteiger partial charge >= 0.3 is 6.18 Å². The van der Waals surface area contributed by atoms with Crippen LogP contribution in [-0.2, 0) is 9.59 Å². The standard InChI is InChI=1S/C24H30F4N6O3/c1-14(2)34-19(6-7-31-34)23(37)29-12-21(35)32-18-11-20(33-8-4-5-9-33)16(10-17(18)25)15(3)22(36)30-13-24(26,27)28/h6-7,10-11,14-15H,4-5,8-9,12-13H2,1-3H3,(H,29,37)(H,30,36)(H,32,35). The minimum Gasteiger partial charge on any atom is -0.371 e. The van der Waals surface area contributed by atoms with Crippen molar-refractivity contribution in [2.24, 2.45) is 0 Å². The highest BCUT2D eigenvalue weighted by Gasteiger charge is 2.31. The molecule has 3 rings (SSSR count). The van der Waals surface area contributed by atoms with Crippen molar-refractivity contribution in [3.05, 3.63) is 41.5 Å². The van der Waals surface area contributed by atoms with Gasteiger partial charge in [-0.25, -0.2) is 4.39 Å². The molecule has 3 amide bonds. The summed E-state index contributed by atoms with van der Waals surface area (Å²) in [5, 5.41) is 10.8. The van der Waals surface area contributed by atoms with Crippen molar-refractivity contribution in [1.29, 1.82) is 0 Å². The number of alkyl halides is 3. The monoisotopic (exact) mass is 526 g/mol. The first-order valence-corrected chi connectivity index (χ1v) is 11.9. The minimum atomic E-state index is -4.57.